The molecular formula is C12H14F2N2. The summed E-state index contributed by atoms with van der Waals surface area (Å²) in [5.74, 6) is 6.61. The van der Waals surface area contributed by atoms with Gasteiger partial charge in [0.25, 0.3) is 0 Å². The zero-order valence-electron chi connectivity index (χ0n) is 9.06. The molecule has 0 aliphatic carbocycles. The number of nitrogens with one attached hydrogen (secondary N) is 1. The molecule has 0 amide bonds. The van der Waals surface area contributed by atoms with Gasteiger partial charge in [0, 0.05) is 24.1 Å². The number of rotatable bonds is 4. The van der Waals surface area contributed by atoms with Gasteiger partial charge in [-0.05, 0) is 25.0 Å². The minimum absolute atomic E-state index is 0.344. The second-order valence-electron chi connectivity index (χ2n) is 3.58. The summed E-state index contributed by atoms with van der Waals surface area (Å²) in [5.41, 5.74) is 3.21. The maximum Gasteiger partial charge on any atom is 0.130 e. The van der Waals surface area contributed by atoms with Crippen molar-refractivity contribution < 1.29 is 8.78 Å². The van der Waals surface area contributed by atoms with Gasteiger partial charge in [-0.2, -0.15) is 0 Å². The number of halogens is 2. The molecule has 0 aliphatic rings. The van der Waals surface area contributed by atoms with E-state index < -0.39 is 17.7 Å². The van der Waals surface area contributed by atoms with Crippen molar-refractivity contribution in [3.63, 3.8) is 0 Å². The van der Waals surface area contributed by atoms with Gasteiger partial charge in [-0.15, -0.1) is 12.3 Å². The third-order valence-corrected chi connectivity index (χ3v) is 2.43. The normalized spacial score (nSPS) is 12.2. The molecule has 4 heteroatoms. The molecule has 0 saturated heterocycles. The number of hydrogen-bond donors (Lipinski definition) is 2. The highest BCUT2D eigenvalue weighted by Crippen LogP contribution is 2.23. The van der Waals surface area contributed by atoms with Gasteiger partial charge >= 0.3 is 0 Å². The second kappa shape index (κ2) is 5.59. The summed E-state index contributed by atoms with van der Waals surface area (Å²) in [6.45, 7) is 1.58. The van der Waals surface area contributed by atoms with Crippen molar-refractivity contribution >= 4 is 0 Å². The molecule has 86 valence electrons. The third kappa shape index (κ3) is 2.78. The van der Waals surface area contributed by atoms with Crippen LogP contribution in [0.5, 0.6) is 0 Å². The van der Waals surface area contributed by atoms with Crippen molar-refractivity contribution in [1.29, 1.82) is 0 Å². The zero-order chi connectivity index (χ0) is 12.1. The van der Waals surface area contributed by atoms with Crippen LogP contribution in [-0.4, -0.2) is 0 Å². The smallest absolute Gasteiger partial charge is 0.130 e. The molecular weight excluding hydrogens is 210 g/mol. The molecule has 1 aromatic carbocycles. The Morgan fingerprint density at radius 3 is 2.69 bits per heavy atom. The highest BCUT2D eigenvalue weighted by molar-refractivity contribution is 5.28. The van der Waals surface area contributed by atoms with Gasteiger partial charge in [-0.25, -0.2) is 8.78 Å². The number of nitrogens with two attached hydrogens (primary N) is 1. The minimum Gasteiger partial charge on any atom is -0.271 e. The molecule has 0 radical (unpaired) electrons. The lowest BCUT2D eigenvalue weighted by Crippen LogP contribution is -2.28. The molecule has 0 bridgehead atoms. The summed E-state index contributed by atoms with van der Waals surface area (Å²) >= 11 is 0. The lowest BCUT2D eigenvalue weighted by molar-refractivity contribution is 0.483. The molecule has 0 aliphatic heterocycles. The van der Waals surface area contributed by atoms with E-state index >= 15 is 0 Å². The number of hydrazine groups is 1. The average Bonchev–Trinajstić information content (AvgIpc) is 2.26. The molecule has 16 heavy (non-hydrogen) atoms. The van der Waals surface area contributed by atoms with E-state index in [1.165, 1.54) is 6.07 Å². The van der Waals surface area contributed by atoms with Crippen molar-refractivity contribution in [1.82, 2.24) is 5.43 Å². The average molecular weight is 224 g/mol. The molecule has 3 N–H and O–H groups in total. The second-order valence-corrected chi connectivity index (χ2v) is 3.58. The standard InChI is InChI=1S/C12H14F2N2/c1-3-4-5-12(16-15)9-6-8(2)10(13)7-11(9)14/h1,6-7,12,16H,4-5,15H2,2H3. The van der Waals surface area contributed by atoms with Gasteiger partial charge in [-0.1, -0.05) is 0 Å². The van der Waals surface area contributed by atoms with Crippen molar-refractivity contribution in [2.45, 2.75) is 25.8 Å². The Hall–Kier alpha value is -1.44. The van der Waals surface area contributed by atoms with E-state index in [9.17, 15) is 8.78 Å². The summed E-state index contributed by atoms with van der Waals surface area (Å²) in [6.07, 6.45) is 6.12. The van der Waals surface area contributed by atoms with Crippen LogP contribution in [0, 0.1) is 30.9 Å². The molecule has 1 unspecified atom stereocenters. The Kier molecular flexibility index (Phi) is 4.41. The van der Waals surface area contributed by atoms with E-state index in [-0.39, 0.29) is 0 Å². The molecule has 1 rings (SSSR count). The lowest BCUT2D eigenvalue weighted by atomic mass is 10.00. The van der Waals surface area contributed by atoms with Gasteiger partial charge in [0.05, 0.1) is 0 Å². The summed E-state index contributed by atoms with van der Waals surface area (Å²) in [6, 6.07) is 1.92. The van der Waals surface area contributed by atoms with Crippen molar-refractivity contribution in [3.8, 4) is 12.3 Å². The molecule has 2 nitrogen and oxygen atoms in total. The third-order valence-electron chi connectivity index (χ3n) is 2.43. The first-order valence-electron chi connectivity index (χ1n) is 4.95. The fourth-order valence-electron chi connectivity index (χ4n) is 1.50. The predicted octanol–water partition coefficient (Wildman–Crippen LogP) is 2.19. The first kappa shape index (κ1) is 12.6. The summed E-state index contributed by atoms with van der Waals surface area (Å²) in [4.78, 5) is 0. The maximum atomic E-state index is 13.5. The van der Waals surface area contributed by atoms with Crippen LogP contribution in [0.2, 0.25) is 0 Å². The fourth-order valence-corrected chi connectivity index (χ4v) is 1.50. The van der Waals surface area contributed by atoms with Gasteiger partial charge in [-0.3, -0.25) is 11.3 Å². The van der Waals surface area contributed by atoms with Gasteiger partial charge in [0.15, 0.2) is 0 Å². The predicted molar refractivity (Wildman–Crippen MR) is 59.2 cm³/mol. The van der Waals surface area contributed by atoms with E-state index in [0.717, 1.165) is 6.07 Å². The molecule has 0 heterocycles. The molecule has 1 atom stereocenters. The molecule has 0 saturated carbocycles. The highest BCUT2D eigenvalue weighted by Gasteiger charge is 2.15. The molecule has 0 aromatic heterocycles. The van der Waals surface area contributed by atoms with E-state index in [2.05, 4.69) is 11.3 Å². The Morgan fingerprint density at radius 1 is 1.44 bits per heavy atom. The van der Waals surface area contributed by atoms with Crippen molar-refractivity contribution in [2.75, 3.05) is 0 Å². The summed E-state index contributed by atoms with van der Waals surface area (Å²) in [5, 5.41) is 0. The van der Waals surface area contributed by atoms with E-state index in [1.807, 2.05) is 0 Å². The van der Waals surface area contributed by atoms with Crippen LogP contribution < -0.4 is 11.3 Å². The maximum absolute atomic E-state index is 13.5. The van der Waals surface area contributed by atoms with Crippen LogP contribution in [0.3, 0.4) is 0 Å². The topological polar surface area (TPSA) is 38.0 Å². The van der Waals surface area contributed by atoms with Gasteiger partial charge < -0.3 is 0 Å². The lowest BCUT2D eigenvalue weighted by Gasteiger charge is -2.16. The SMILES string of the molecule is C#CCCC(NN)c1cc(C)c(F)cc1F. The van der Waals surface area contributed by atoms with Gasteiger partial charge in [0.1, 0.15) is 11.6 Å². The Bertz CT molecular complexity index is 410. The quantitative estimate of drug-likeness (QED) is 0.467. The molecule has 0 fully saturated rings. The number of hydrogen-bond acceptors (Lipinski definition) is 2. The fraction of sp³-hybridized carbons (Fsp3) is 0.333. The van der Waals surface area contributed by atoms with Crippen LogP contribution in [0.15, 0.2) is 12.1 Å². The first-order valence-corrected chi connectivity index (χ1v) is 4.95. The van der Waals surface area contributed by atoms with Crippen molar-refractivity contribution in [2.24, 2.45) is 5.84 Å². The van der Waals surface area contributed by atoms with Crippen molar-refractivity contribution in [3.05, 3.63) is 34.9 Å². The highest BCUT2D eigenvalue weighted by atomic mass is 19.1. The monoisotopic (exact) mass is 224 g/mol. The first-order chi connectivity index (χ1) is 7.60. The van der Waals surface area contributed by atoms with Crippen LogP contribution in [0.1, 0.15) is 30.0 Å². The number of terminal acetylenes is 1. The number of aryl methyl sites for hydroxylation is 1. The summed E-state index contributed by atoms with van der Waals surface area (Å²) < 4.78 is 26.6. The van der Waals surface area contributed by atoms with Crippen LogP contribution >= 0.6 is 0 Å². The Labute approximate surface area is 93.8 Å². The molecule has 1 aromatic rings. The zero-order valence-corrected chi connectivity index (χ0v) is 9.06. The van der Waals surface area contributed by atoms with Crippen LogP contribution in [0.25, 0.3) is 0 Å². The Morgan fingerprint density at radius 2 is 2.12 bits per heavy atom. The Balaban J connectivity index is 3.01. The van der Waals surface area contributed by atoms with Crippen LogP contribution in [0.4, 0.5) is 8.78 Å². The van der Waals surface area contributed by atoms with E-state index in [1.54, 1.807) is 6.92 Å². The van der Waals surface area contributed by atoms with Gasteiger partial charge in [0.2, 0.25) is 0 Å². The largest absolute Gasteiger partial charge is 0.271 e. The summed E-state index contributed by atoms with van der Waals surface area (Å²) in [7, 11) is 0. The molecule has 0 spiro atoms. The number of benzene rings is 1. The minimum atomic E-state index is -0.608. The van der Waals surface area contributed by atoms with E-state index in [4.69, 9.17) is 12.3 Å². The van der Waals surface area contributed by atoms with Crippen LogP contribution in [-0.2, 0) is 0 Å². The van der Waals surface area contributed by atoms with E-state index in [0.29, 0.717) is 24.0 Å².